The number of nitrogens with zero attached hydrogens (tertiary/aromatic N) is 3. The summed E-state index contributed by atoms with van der Waals surface area (Å²) in [6.45, 7) is 2.26. The minimum absolute atomic E-state index is 0.174. The Balaban J connectivity index is 1.55. The Morgan fingerprint density at radius 3 is 2.03 bits per heavy atom. The molecule has 1 heterocycles. The maximum atomic E-state index is 12.4. The molecular formula is C26H43N5O4S2. The highest BCUT2D eigenvalue weighted by molar-refractivity contribution is 7.85. The molecule has 0 bridgehead atoms. The van der Waals surface area contributed by atoms with E-state index in [1.807, 2.05) is 0 Å². The second-order valence-electron chi connectivity index (χ2n) is 9.66. The second-order valence-corrected chi connectivity index (χ2v) is 11.4. The number of carbonyl (C=O) groups is 1. The molecule has 0 radical (unpaired) electrons. The summed E-state index contributed by atoms with van der Waals surface area (Å²) in [6.07, 6.45) is 19.8. The molecule has 0 saturated heterocycles. The highest BCUT2D eigenvalue weighted by Crippen LogP contribution is 2.20. The largest absolute Gasteiger partial charge is 0.338 e. The number of hydrogen-bond donors (Lipinski definition) is 3. The SMILES string of the molecule is CCCCCCCCCCCCCCCCCC1N=NC(=S)N1NC(=O)Nc1cccc(S(=O)(=O)O)c1. The second kappa shape index (κ2) is 17.4. The Morgan fingerprint density at radius 1 is 0.946 bits per heavy atom. The van der Waals surface area contributed by atoms with E-state index in [1.165, 1.54) is 113 Å². The van der Waals surface area contributed by atoms with Crippen LogP contribution in [0.25, 0.3) is 0 Å². The van der Waals surface area contributed by atoms with Crippen molar-refractivity contribution in [1.29, 1.82) is 0 Å². The average molecular weight is 554 g/mol. The van der Waals surface area contributed by atoms with Crippen LogP contribution in [-0.4, -0.2) is 35.3 Å². The smallest absolute Gasteiger partial charge is 0.307 e. The van der Waals surface area contributed by atoms with Crippen molar-refractivity contribution in [2.45, 2.75) is 121 Å². The van der Waals surface area contributed by atoms with Crippen LogP contribution in [0, 0.1) is 0 Å². The summed E-state index contributed by atoms with van der Waals surface area (Å²) in [5.41, 5.74) is 2.84. The number of rotatable bonds is 19. The van der Waals surface area contributed by atoms with Gasteiger partial charge in [0.2, 0.25) is 5.11 Å². The first kappa shape index (κ1) is 31.1. The predicted octanol–water partition coefficient (Wildman–Crippen LogP) is 7.61. The van der Waals surface area contributed by atoms with Crippen LogP contribution in [0.15, 0.2) is 39.4 Å². The molecule has 1 aliphatic heterocycles. The number of unbranched alkanes of at least 4 members (excludes halogenated alkanes) is 14. The van der Waals surface area contributed by atoms with Crippen molar-refractivity contribution < 1.29 is 17.8 Å². The zero-order chi connectivity index (χ0) is 26.9. The normalized spacial score (nSPS) is 15.4. The molecule has 1 aromatic rings. The lowest BCUT2D eigenvalue weighted by atomic mass is 10.0. The van der Waals surface area contributed by atoms with Crippen molar-refractivity contribution in [2.24, 2.45) is 10.2 Å². The minimum atomic E-state index is -4.36. The number of hydrogen-bond acceptors (Lipinski definition) is 5. The monoisotopic (exact) mass is 553 g/mol. The van der Waals surface area contributed by atoms with E-state index in [9.17, 15) is 17.8 Å². The number of anilines is 1. The third-order valence-electron chi connectivity index (χ3n) is 6.46. The van der Waals surface area contributed by atoms with Crippen molar-refractivity contribution in [1.82, 2.24) is 10.4 Å². The van der Waals surface area contributed by atoms with Crippen LogP contribution in [-0.2, 0) is 10.1 Å². The lowest BCUT2D eigenvalue weighted by Crippen LogP contribution is -2.49. The first-order valence-corrected chi connectivity index (χ1v) is 15.6. The topological polar surface area (TPSA) is 123 Å². The standard InChI is InChI=1S/C26H43N5O4S2/c1-2-3-4-5-6-7-8-9-10-11-12-13-14-15-16-20-24-28-29-26(36)31(24)30-25(32)27-22-18-17-19-23(21-22)37(33,34)35/h17-19,21,24H,2-16,20H2,1H3,(H2,27,30,32)(H,33,34,35). The van der Waals surface area contributed by atoms with Crippen LogP contribution in [0.1, 0.15) is 110 Å². The van der Waals surface area contributed by atoms with Crippen molar-refractivity contribution in [2.75, 3.05) is 5.32 Å². The Labute approximate surface area is 227 Å². The van der Waals surface area contributed by atoms with E-state index in [0.29, 0.717) is 0 Å². The van der Waals surface area contributed by atoms with Crippen LogP contribution in [0.3, 0.4) is 0 Å². The van der Waals surface area contributed by atoms with Gasteiger partial charge in [-0.3, -0.25) is 4.55 Å². The fraction of sp³-hybridized carbons (Fsp3) is 0.692. The highest BCUT2D eigenvalue weighted by Gasteiger charge is 2.27. The van der Waals surface area contributed by atoms with Gasteiger partial charge in [0.05, 0.1) is 4.90 Å². The van der Waals surface area contributed by atoms with E-state index >= 15 is 0 Å². The molecule has 1 atom stereocenters. The molecule has 3 N–H and O–H groups in total. The molecule has 1 unspecified atom stereocenters. The van der Waals surface area contributed by atoms with Crippen LogP contribution in [0.5, 0.6) is 0 Å². The molecule has 2 rings (SSSR count). The molecule has 0 spiro atoms. The van der Waals surface area contributed by atoms with Crippen molar-refractivity contribution in [3.05, 3.63) is 24.3 Å². The summed E-state index contributed by atoms with van der Waals surface area (Å²) in [4.78, 5) is 12.1. The summed E-state index contributed by atoms with van der Waals surface area (Å²) in [5, 5.41) is 12.2. The van der Waals surface area contributed by atoms with Crippen LogP contribution in [0.2, 0.25) is 0 Å². The fourth-order valence-corrected chi connectivity index (χ4v) is 5.09. The molecule has 0 aliphatic carbocycles. The number of urea groups is 1. The van der Waals surface area contributed by atoms with Gasteiger partial charge in [0.15, 0.2) is 6.17 Å². The van der Waals surface area contributed by atoms with Gasteiger partial charge in [-0.2, -0.15) is 13.5 Å². The van der Waals surface area contributed by atoms with Crippen LogP contribution in [0.4, 0.5) is 10.5 Å². The molecule has 1 aromatic carbocycles. The third-order valence-corrected chi connectivity index (χ3v) is 7.59. The molecule has 0 saturated carbocycles. The minimum Gasteiger partial charge on any atom is -0.307 e. The quantitative estimate of drug-likeness (QED) is 0.0920. The maximum Gasteiger partial charge on any atom is 0.338 e. The third kappa shape index (κ3) is 12.8. The first-order chi connectivity index (χ1) is 17.8. The van der Waals surface area contributed by atoms with Gasteiger partial charge in [0, 0.05) is 5.69 Å². The van der Waals surface area contributed by atoms with Gasteiger partial charge in [-0.1, -0.05) is 103 Å². The summed E-state index contributed by atoms with van der Waals surface area (Å²) < 4.78 is 31.8. The van der Waals surface area contributed by atoms with Gasteiger partial charge >= 0.3 is 6.03 Å². The number of thiocarbonyl (C=S) groups is 1. The highest BCUT2D eigenvalue weighted by atomic mass is 32.2. The molecule has 0 aromatic heterocycles. The molecule has 208 valence electrons. The van der Waals surface area contributed by atoms with Crippen LogP contribution >= 0.6 is 12.2 Å². The van der Waals surface area contributed by atoms with E-state index in [2.05, 4.69) is 27.9 Å². The number of nitrogens with one attached hydrogen (secondary N) is 2. The average Bonchev–Trinajstić information content (AvgIpc) is 3.20. The Hall–Kier alpha value is -2.11. The van der Waals surface area contributed by atoms with Gasteiger partial charge in [-0.05, 0) is 43.3 Å². The molecule has 2 amide bonds. The molecule has 1 aliphatic rings. The van der Waals surface area contributed by atoms with Crippen LogP contribution < -0.4 is 10.7 Å². The van der Waals surface area contributed by atoms with Gasteiger partial charge in [0.1, 0.15) is 0 Å². The molecule has 0 fully saturated rings. The Bertz CT molecular complexity index is 971. The van der Waals surface area contributed by atoms with Gasteiger partial charge in [-0.15, -0.1) is 5.11 Å². The molecular weight excluding hydrogens is 510 g/mol. The molecule has 37 heavy (non-hydrogen) atoms. The lowest BCUT2D eigenvalue weighted by Gasteiger charge is -2.23. The summed E-state index contributed by atoms with van der Waals surface area (Å²) in [7, 11) is -4.36. The van der Waals surface area contributed by atoms with Crippen molar-refractivity contribution in [3.8, 4) is 0 Å². The Morgan fingerprint density at radius 2 is 1.49 bits per heavy atom. The van der Waals surface area contributed by atoms with Gasteiger partial charge in [-0.25, -0.2) is 15.2 Å². The van der Waals surface area contributed by atoms with E-state index < -0.39 is 16.1 Å². The number of carbonyl (C=O) groups excluding carboxylic acids is 1. The zero-order valence-electron chi connectivity index (χ0n) is 22.0. The summed E-state index contributed by atoms with van der Waals surface area (Å²) >= 11 is 5.19. The fourth-order valence-electron chi connectivity index (χ4n) is 4.35. The molecule has 9 nitrogen and oxygen atoms in total. The van der Waals surface area contributed by atoms with E-state index in [4.69, 9.17) is 12.2 Å². The predicted molar refractivity (Wildman–Crippen MR) is 151 cm³/mol. The Kier molecular flexibility index (Phi) is 14.6. The van der Waals surface area contributed by atoms with Gasteiger partial charge < -0.3 is 5.32 Å². The first-order valence-electron chi connectivity index (χ1n) is 13.7. The zero-order valence-corrected chi connectivity index (χ0v) is 23.7. The van der Waals surface area contributed by atoms with E-state index in [-0.39, 0.29) is 21.9 Å². The number of hydrazine groups is 1. The van der Waals surface area contributed by atoms with E-state index in [0.717, 1.165) is 19.3 Å². The summed E-state index contributed by atoms with van der Waals surface area (Å²) in [6, 6.07) is 4.73. The number of benzene rings is 1. The van der Waals surface area contributed by atoms with Gasteiger partial charge in [0.25, 0.3) is 10.1 Å². The summed E-state index contributed by atoms with van der Waals surface area (Å²) in [5.74, 6) is 0. The van der Waals surface area contributed by atoms with Crippen molar-refractivity contribution in [3.63, 3.8) is 0 Å². The number of azo groups is 1. The van der Waals surface area contributed by atoms with Crippen molar-refractivity contribution >= 4 is 39.2 Å². The maximum absolute atomic E-state index is 12.4. The lowest BCUT2D eigenvalue weighted by molar-refractivity contribution is 0.210. The van der Waals surface area contributed by atoms with E-state index in [1.54, 1.807) is 0 Å². The molecule has 11 heteroatoms. The number of amides is 2.